The van der Waals surface area contributed by atoms with E-state index < -0.39 is 0 Å². The van der Waals surface area contributed by atoms with Gasteiger partial charge in [0.05, 0.1) is 11.6 Å². The van der Waals surface area contributed by atoms with Crippen LogP contribution in [0, 0.1) is 0 Å². The highest BCUT2D eigenvalue weighted by molar-refractivity contribution is 5.94. The number of H-pyrrole nitrogens is 1. The monoisotopic (exact) mass is 339 g/mol. The number of hydrogen-bond acceptors (Lipinski definition) is 5. The lowest BCUT2D eigenvalue weighted by atomic mass is 10.1. The molecule has 0 bridgehead atoms. The minimum Gasteiger partial charge on any atom is -0.491 e. The lowest BCUT2D eigenvalue weighted by Gasteiger charge is -2.18. The van der Waals surface area contributed by atoms with Crippen molar-refractivity contribution in [3.05, 3.63) is 36.5 Å². The van der Waals surface area contributed by atoms with Crippen LogP contribution in [0.2, 0.25) is 0 Å². The molecule has 6 nitrogen and oxygen atoms in total. The summed E-state index contributed by atoms with van der Waals surface area (Å²) in [5.41, 5.74) is 2.94. The number of fused-ring (bicyclic) bond motifs is 1. The maximum absolute atomic E-state index is 5.82. The van der Waals surface area contributed by atoms with Crippen molar-refractivity contribution in [1.29, 1.82) is 0 Å². The topological polar surface area (TPSA) is 66.1 Å². The lowest BCUT2D eigenvalue weighted by Crippen LogP contribution is -2.27. The van der Waals surface area contributed by atoms with E-state index in [9.17, 15) is 0 Å². The quantitative estimate of drug-likeness (QED) is 0.692. The van der Waals surface area contributed by atoms with Gasteiger partial charge in [-0.1, -0.05) is 0 Å². The Morgan fingerprint density at radius 1 is 1.24 bits per heavy atom. The molecule has 0 saturated heterocycles. The fraction of sp³-hybridized carbons (Fsp3) is 0.368. The van der Waals surface area contributed by atoms with Crippen molar-refractivity contribution < 1.29 is 4.74 Å². The molecule has 3 aromatic rings. The van der Waals surface area contributed by atoms with Crippen molar-refractivity contribution in [3.63, 3.8) is 0 Å². The van der Waals surface area contributed by atoms with Crippen molar-refractivity contribution in [3.8, 4) is 17.0 Å². The van der Waals surface area contributed by atoms with Crippen LogP contribution in [0.1, 0.15) is 13.8 Å². The van der Waals surface area contributed by atoms with Gasteiger partial charge in [-0.15, -0.1) is 0 Å². The van der Waals surface area contributed by atoms with E-state index in [4.69, 9.17) is 4.74 Å². The number of anilines is 1. The molecule has 0 unspecified atom stereocenters. The van der Waals surface area contributed by atoms with Crippen molar-refractivity contribution >= 4 is 16.7 Å². The lowest BCUT2D eigenvalue weighted by molar-refractivity contribution is 0.243. The fourth-order valence-corrected chi connectivity index (χ4v) is 2.73. The zero-order valence-corrected chi connectivity index (χ0v) is 15.2. The Balaban J connectivity index is 1.95. The fourth-order valence-electron chi connectivity index (χ4n) is 2.73. The Morgan fingerprint density at radius 3 is 2.84 bits per heavy atom. The van der Waals surface area contributed by atoms with E-state index in [1.54, 1.807) is 0 Å². The zero-order valence-electron chi connectivity index (χ0n) is 15.2. The summed E-state index contributed by atoms with van der Waals surface area (Å²) in [4.78, 5) is 6.60. The van der Waals surface area contributed by atoms with Crippen molar-refractivity contribution in [1.82, 2.24) is 20.5 Å². The molecule has 0 saturated carbocycles. The average Bonchev–Trinajstić information content (AvgIpc) is 3.02. The predicted molar refractivity (Wildman–Crippen MR) is 102 cm³/mol. The van der Waals surface area contributed by atoms with E-state index in [-0.39, 0.29) is 6.10 Å². The van der Waals surface area contributed by atoms with Gasteiger partial charge >= 0.3 is 0 Å². The van der Waals surface area contributed by atoms with Crippen molar-refractivity contribution in [2.45, 2.75) is 20.0 Å². The number of aromatic amines is 1. The Morgan fingerprint density at radius 2 is 2.08 bits per heavy atom. The van der Waals surface area contributed by atoms with Crippen LogP contribution in [0.25, 0.3) is 22.2 Å². The Kier molecular flexibility index (Phi) is 5.19. The van der Waals surface area contributed by atoms with Crippen molar-refractivity contribution in [2.75, 3.05) is 32.1 Å². The second-order valence-corrected chi connectivity index (χ2v) is 6.37. The number of nitrogens with one attached hydrogen (secondary N) is 2. The molecule has 0 amide bonds. The minimum atomic E-state index is 0.140. The Bertz CT molecular complexity index is 843. The van der Waals surface area contributed by atoms with Gasteiger partial charge in [-0.25, -0.2) is 4.98 Å². The summed E-state index contributed by atoms with van der Waals surface area (Å²) in [5, 5.41) is 11.8. The second-order valence-electron chi connectivity index (χ2n) is 6.37. The molecule has 2 heterocycles. The van der Waals surface area contributed by atoms with Gasteiger partial charge in [0.25, 0.3) is 0 Å². The zero-order chi connectivity index (χ0) is 17.8. The predicted octanol–water partition coefficient (Wildman–Crippen LogP) is 3.07. The molecule has 2 aromatic heterocycles. The number of aromatic nitrogens is 3. The highest BCUT2D eigenvalue weighted by atomic mass is 16.5. The molecule has 0 aliphatic carbocycles. The first-order valence-corrected chi connectivity index (χ1v) is 8.55. The number of likely N-dealkylation sites (N-methyl/N-ethyl adjacent to an activating group) is 2. The summed E-state index contributed by atoms with van der Waals surface area (Å²) in [6.07, 6.45) is 1.97. The van der Waals surface area contributed by atoms with Crippen LogP contribution in [0.15, 0.2) is 36.5 Å². The molecule has 6 heteroatoms. The van der Waals surface area contributed by atoms with Gasteiger partial charge in [0, 0.05) is 37.3 Å². The first kappa shape index (κ1) is 17.2. The summed E-state index contributed by atoms with van der Waals surface area (Å²) < 4.78 is 5.82. The van der Waals surface area contributed by atoms with Gasteiger partial charge in [-0.2, -0.15) is 5.10 Å². The number of nitrogens with zero attached hydrogens (tertiary/aromatic N) is 3. The molecule has 0 fully saturated rings. The first-order chi connectivity index (χ1) is 12.1. The molecule has 0 radical (unpaired) electrons. The summed E-state index contributed by atoms with van der Waals surface area (Å²) in [5.74, 6) is 1.78. The van der Waals surface area contributed by atoms with Crippen molar-refractivity contribution in [2.24, 2.45) is 0 Å². The number of pyridine rings is 1. The van der Waals surface area contributed by atoms with Crippen LogP contribution in [-0.4, -0.2) is 48.5 Å². The van der Waals surface area contributed by atoms with E-state index in [0.717, 1.165) is 46.8 Å². The van der Waals surface area contributed by atoms with Gasteiger partial charge < -0.3 is 15.0 Å². The third kappa shape index (κ3) is 3.91. The molecule has 1 aromatic carbocycles. The van der Waals surface area contributed by atoms with Crippen LogP contribution in [-0.2, 0) is 0 Å². The second kappa shape index (κ2) is 7.53. The maximum atomic E-state index is 5.82. The molecule has 0 aliphatic rings. The summed E-state index contributed by atoms with van der Waals surface area (Å²) in [6.45, 7) is 5.84. The van der Waals surface area contributed by atoms with E-state index in [1.165, 1.54) is 0 Å². The number of hydrogen-bond donors (Lipinski definition) is 2. The Hall–Kier alpha value is -2.60. The van der Waals surface area contributed by atoms with Crippen LogP contribution in [0.4, 0.5) is 5.82 Å². The third-order valence-corrected chi connectivity index (χ3v) is 4.01. The van der Waals surface area contributed by atoms with E-state index >= 15 is 0 Å². The van der Waals surface area contributed by atoms with Gasteiger partial charge in [0.2, 0.25) is 0 Å². The molecule has 0 spiro atoms. The van der Waals surface area contributed by atoms with Gasteiger partial charge in [0.15, 0.2) is 0 Å². The molecule has 25 heavy (non-hydrogen) atoms. The number of ether oxygens (including phenoxy) is 1. The standard InChI is InChI=1S/C19H25N5O/c1-13(2)25-15-5-6-17-16(12-15)19(23-22-17)14-7-8-21-18(11-14)24(4)10-9-20-3/h5-8,11-13,20H,9-10H2,1-4H3,(H,22,23). The van der Waals surface area contributed by atoms with E-state index in [0.29, 0.717) is 0 Å². The normalized spacial score (nSPS) is 11.2. The minimum absolute atomic E-state index is 0.140. The van der Waals surface area contributed by atoms with Crippen LogP contribution < -0.4 is 15.0 Å². The van der Waals surface area contributed by atoms with Crippen LogP contribution in [0.5, 0.6) is 5.75 Å². The van der Waals surface area contributed by atoms with Crippen LogP contribution >= 0.6 is 0 Å². The Labute approximate surface area is 148 Å². The van der Waals surface area contributed by atoms with E-state index in [2.05, 4.69) is 31.5 Å². The first-order valence-electron chi connectivity index (χ1n) is 8.55. The third-order valence-electron chi connectivity index (χ3n) is 4.01. The molecule has 0 aliphatic heterocycles. The number of rotatable bonds is 7. The molecule has 0 atom stereocenters. The summed E-state index contributed by atoms with van der Waals surface area (Å²) in [6, 6.07) is 10.1. The molecule has 132 valence electrons. The summed E-state index contributed by atoms with van der Waals surface area (Å²) >= 11 is 0. The van der Waals surface area contributed by atoms with Gasteiger partial charge in [-0.05, 0) is 51.2 Å². The van der Waals surface area contributed by atoms with Gasteiger partial charge in [0.1, 0.15) is 17.3 Å². The highest BCUT2D eigenvalue weighted by Crippen LogP contribution is 2.30. The molecular formula is C19H25N5O. The smallest absolute Gasteiger partial charge is 0.128 e. The average molecular weight is 339 g/mol. The van der Waals surface area contributed by atoms with Gasteiger partial charge in [-0.3, -0.25) is 5.10 Å². The van der Waals surface area contributed by atoms with E-state index in [1.807, 2.05) is 58.4 Å². The molecule has 3 rings (SSSR count). The number of benzene rings is 1. The maximum Gasteiger partial charge on any atom is 0.128 e. The largest absolute Gasteiger partial charge is 0.491 e. The summed E-state index contributed by atoms with van der Waals surface area (Å²) in [7, 11) is 3.99. The molecule has 2 N–H and O–H groups in total. The van der Waals surface area contributed by atoms with Crippen LogP contribution in [0.3, 0.4) is 0 Å². The molecular weight excluding hydrogens is 314 g/mol. The SMILES string of the molecule is CNCCN(C)c1cc(-c2n[nH]c3ccc(OC(C)C)cc23)ccn1. The highest BCUT2D eigenvalue weighted by Gasteiger charge is 2.12.